The number of aliphatic hydroxyl groups is 1. The zero-order valence-electron chi connectivity index (χ0n) is 22.4. The number of carbonyl (C=O) groups is 2. The summed E-state index contributed by atoms with van der Waals surface area (Å²) in [6, 6.07) is 0. The molecule has 0 aromatic carbocycles. The molecule has 4 saturated carbocycles. The molecule has 0 aliphatic heterocycles. The number of fused-ring (bicyclic) bond motifs is 7. The van der Waals surface area contributed by atoms with Crippen LogP contribution < -0.4 is 5.11 Å². The first-order valence-electron chi connectivity index (χ1n) is 13.7. The van der Waals surface area contributed by atoms with E-state index in [1.165, 1.54) is 5.57 Å². The molecule has 0 bridgehead atoms. The molecule has 0 amide bonds. The minimum absolute atomic E-state index is 0.0419. The lowest BCUT2D eigenvalue weighted by atomic mass is 9.33. The molecular weight excluding hydrogens is 424 g/mol. The summed E-state index contributed by atoms with van der Waals surface area (Å²) in [6.07, 6.45) is 9.69. The van der Waals surface area contributed by atoms with Gasteiger partial charge in [-0.2, -0.15) is 0 Å². The first-order chi connectivity index (χ1) is 15.6. The van der Waals surface area contributed by atoms with E-state index in [9.17, 15) is 19.8 Å². The fraction of sp³-hybridized carbons (Fsp3) is 0.867. The number of aliphatic carboxylic acids is 1. The van der Waals surface area contributed by atoms with Gasteiger partial charge in [0.2, 0.25) is 0 Å². The number of carboxylic acids is 1. The maximum absolute atomic E-state index is 14.2. The van der Waals surface area contributed by atoms with Crippen LogP contribution in [0.25, 0.3) is 0 Å². The van der Waals surface area contributed by atoms with Crippen molar-refractivity contribution in [1.29, 1.82) is 0 Å². The fourth-order valence-electron chi connectivity index (χ4n) is 10.4. The quantitative estimate of drug-likeness (QED) is 0.581. The predicted octanol–water partition coefficient (Wildman–Crippen LogP) is 5.08. The van der Waals surface area contributed by atoms with Gasteiger partial charge < -0.3 is 15.0 Å². The van der Waals surface area contributed by atoms with Gasteiger partial charge in [0.25, 0.3) is 0 Å². The summed E-state index contributed by atoms with van der Waals surface area (Å²) >= 11 is 0. The molecule has 0 saturated heterocycles. The summed E-state index contributed by atoms with van der Waals surface area (Å²) in [6.45, 7) is 15.7. The van der Waals surface area contributed by atoms with E-state index >= 15 is 0 Å². The molecule has 0 heterocycles. The molecule has 4 heteroatoms. The van der Waals surface area contributed by atoms with Crippen molar-refractivity contribution in [3.05, 3.63) is 11.6 Å². The molecule has 5 rings (SSSR count). The van der Waals surface area contributed by atoms with Crippen LogP contribution in [0.3, 0.4) is 0 Å². The molecule has 0 aromatic heterocycles. The Balaban J connectivity index is 1.62. The second kappa shape index (κ2) is 6.99. The number of allylic oxidation sites excluding steroid dienone is 2. The van der Waals surface area contributed by atoms with E-state index in [1.807, 2.05) is 13.0 Å². The second-order valence-corrected chi connectivity index (χ2v) is 14.9. The third-order valence-corrected chi connectivity index (χ3v) is 13.0. The average Bonchev–Trinajstić information content (AvgIpc) is 2.73. The van der Waals surface area contributed by atoms with Gasteiger partial charge in [-0.25, -0.2) is 0 Å². The SMILES string of the molecule is CC1(C)[C@H]2CC[C@]3(C)[C@@H](C(=O)C=C4[C@H]5C[C@@](C)(C(=O)[O-])CC[C@]5(C)CC[C@]43C)[C@@]2(C)CC[C@@H]1O. The van der Waals surface area contributed by atoms with E-state index in [2.05, 4.69) is 41.5 Å². The molecule has 9 atom stereocenters. The Hall–Kier alpha value is -1.16. The van der Waals surface area contributed by atoms with Gasteiger partial charge in [0.15, 0.2) is 5.78 Å². The first-order valence-corrected chi connectivity index (χ1v) is 13.7. The van der Waals surface area contributed by atoms with Gasteiger partial charge in [0.05, 0.1) is 6.10 Å². The maximum atomic E-state index is 14.2. The van der Waals surface area contributed by atoms with Crippen LogP contribution in [0.1, 0.15) is 106 Å². The number of carbonyl (C=O) groups excluding carboxylic acids is 2. The van der Waals surface area contributed by atoms with Crippen LogP contribution in [0.2, 0.25) is 0 Å². The third kappa shape index (κ3) is 2.81. The lowest BCUT2D eigenvalue weighted by Crippen LogP contribution is -2.66. The smallest absolute Gasteiger partial charge is 0.159 e. The van der Waals surface area contributed by atoms with Crippen LogP contribution in [0.5, 0.6) is 0 Å². The van der Waals surface area contributed by atoms with Crippen molar-refractivity contribution in [2.45, 2.75) is 112 Å². The highest BCUT2D eigenvalue weighted by Crippen LogP contribution is 2.75. The third-order valence-electron chi connectivity index (χ3n) is 13.0. The molecule has 34 heavy (non-hydrogen) atoms. The molecule has 4 fully saturated rings. The predicted molar refractivity (Wildman–Crippen MR) is 130 cm³/mol. The molecule has 0 spiro atoms. The summed E-state index contributed by atoms with van der Waals surface area (Å²) in [4.78, 5) is 26.3. The summed E-state index contributed by atoms with van der Waals surface area (Å²) in [5.41, 5.74) is -0.0781. The molecule has 5 aliphatic carbocycles. The molecule has 190 valence electrons. The highest BCUT2D eigenvalue weighted by atomic mass is 16.4. The van der Waals surface area contributed by atoms with Crippen LogP contribution in [0.4, 0.5) is 0 Å². The van der Waals surface area contributed by atoms with Crippen molar-refractivity contribution in [2.75, 3.05) is 0 Å². The zero-order chi connectivity index (χ0) is 25.1. The monoisotopic (exact) mass is 469 g/mol. The second-order valence-electron chi connectivity index (χ2n) is 14.9. The Morgan fingerprint density at radius 2 is 1.59 bits per heavy atom. The number of hydrogen-bond donors (Lipinski definition) is 1. The van der Waals surface area contributed by atoms with Gasteiger partial charge in [-0.05, 0) is 103 Å². The summed E-state index contributed by atoms with van der Waals surface area (Å²) in [5, 5.41) is 23.0. The van der Waals surface area contributed by atoms with E-state index in [4.69, 9.17) is 0 Å². The molecule has 4 nitrogen and oxygen atoms in total. The van der Waals surface area contributed by atoms with Crippen LogP contribution in [-0.2, 0) is 9.59 Å². The number of aliphatic hydroxyl groups excluding tert-OH is 1. The minimum atomic E-state index is -0.940. The van der Waals surface area contributed by atoms with Crippen molar-refractivity contribution in [2.24, 2.45) is 50.2 Å². The molecule has 5 aliphatic rings. The standard InChI is InChI=1S/C30H46O4/c1-25(2)21-8-11-30(7)23(28(21,5)10-9-22(25)32)20(31)16-18-19-17-27(4,24(33)34)13-12-26(19,3)14-15-29(18,30)6/h16,19,21-23,32H,8-15,17H2,1-7H3,(H,33,34)/p-1/t19-,21-,22+,23+,26-,27+,28+,29-,30-/m1/s1. The Morgan fingerprint density at radius 1 is 0.941 bits per heavy atom. The Labute approximate surface area is 206 Å². The summed E-state index contributed by atoms with van der Waals surface area (Å²) in [7, 11) is 0. The zero-order valence-corrected chi connectivity index (χ0v) is 22.4. The molecule has 0 aromatic rings. The maximum Gasteiger partial charge on any atom is 0.159 e. The summed E-state index contributed by atoms with van der Waals surface area (Å²) in [5.74, 6) is -0.266. The Kier molecular flexibility index (Phi) is 5.04. The topological polar surface area (TPSA) is 77.4 Å². The van der Waals surface area contributed by atoms with Crippen molar-refractivity contribution >= 4 is 11.8 Å². The Morgan fingerprint density at radius 3 is 2.24 bits per heavy atom. The largest absolute Gasteiger partial charge is 0.550 e. The normalized spacial score (nSPS) is 54.1. The van der Waals surface area contributed by atoms with Crippen LogP contribution in [0.15, 0.2) is 11.6 Å². The van der Waals surface area contributed by atoms with E-state index in [0.29, 0.717) is 18.8 Å². The minimum Gasteiger partial charge on any atom is -0.550 e. The van der Waals surface area contributed by atoms with E-state index < -0.39 is 11.4 Å². The van der Waals surface area contributed by atoms with Gasteiger partial charge in [-0.15, -0.1) is 0 Å². The van der Waals surface area contributed by atoms with Gasteiger partial charge in [0, 0.05) is 17.3 Å². The summed E-state index contributed by atoms with van der Waals surface area (Å²) < 4.78 is 0. The number of ketones is 1. The number of carboxylic acid groups (broad SMARTS) is 1. The molecule has 0 unspecified atom stereocenters. The van der Waals surface area contributed by atoms with Gasteiger partial charge in [0.1, 0.15) is 0 Å². The van der Waals surface area contributed by atoms with Crippen molar-refractivity contribution in [3.63, 3.8) is 0 Å². The number of rotatable bonds is 1. The lowest BCUT2D eigenvalue weighted by Gasteiger charge is -2.70. The Bertz CT molecular complexity index is 965. The van der Waals surface area contributed by atoms with Gasteiger partial charge >= 0.3 is 0 Å². The van der Waals surface area contributed by atoms with Crippen molar-refractivity contribution < 1.29 is 19.8 Å². The van der Waals surface area contributed by atoms with Gasteiger partial charge in [-0.3, -0.25) is 4.79 Å². The van der Waals surface area contributed by atoms with Gasteiger partial charge in [-0.1, -0.05) is 54.0 Å². The average molecular weight is 470 g/mol. The molecular formula is C30H45O4-. The molecule has 0 radical (unpaired) electrons. The van der Waals surface area contributed by atoms with E-state index in [-0.39, 0.29) is 50.8 Å². The van der Waals surface area contributed by atoms with E-state index in [1.54, 1.807) is 0 Å². The highest BCUT2D eigenvalue weighted by molar-refractivity contribution is 5.95. The van der Waals surface area contributed by atoms with Crippen molar-refractivity contribution in [3.8, 4) is 0 Å². The van der Waals surface area contributed by atoms with Crippen molar-refractivity contribution in [1.82, 2.24) is 0 Å². The number of hydrogen-bond acceptors (Lipinski definition) is 4. The van der Waals surface area contributed by atoms with Crippen LogP contribution in [-0.4, -0.2) is 23.0 Å². The van der Waals surface area contributed by atoms with Crippen LogP contribution >= 0.6 is 0 Å². The highest BCUT2D eigenvalue weighted by Gasteiger charge is 2.70. The fourth-order valence-corrected chi connectivity index (χ4v) is 10.4. The lowest BCUT2D eigenvalue weighted by molar-refractivity contribution is -0.321. The van der Waals surface area contributed by atoms with E-state index in [0.717, 1.165) is 44.9 Å². The first kappa shape index (κ1) is 24.5. The molecule has 1 N–H and O–H groups in total. The van der Waals surface area contributed by atoms with Crippen LogP contribution in [0, 0.1) is 50.2 Å².